The molecule has 38 heavy (non-hydrogen) atoms. The smallest absolute Gasteiger partial charge is 0.387 e. The van der Waals surface area contributed by atoms with Crippen LogP contribution in [0, 0.1) is 5.82 Å². The van der Waals surface area contributed by atoms with Crippen LogP contribution in [0.1, 0.15) is 40.5 Å². The van der Waals surface area contributed by atoms with Crippen molar-refractivity contribution in [2.45, 2.75) is 64.3 Å². The fraction of sp³-hybridized carbons (Fsp3) is 0.560. The number of rotatable bonds is 10. The number of hydrogen-bond acceptors (Lipinski definition) is 8. The minimum Gasteiger partial charge on any atom is -0.488 e. The van der Waals surface area contributed by atoms with E-state index in [2.05, 4.69) is 63.7 Å². The summed E-state index contributed by atoms with van der Waals surface area (Å²) in [6, 6.07) is 4.15. The molecule has 10 nitrogen and oxygen atoms in total. The quantitative estimate of drug-likeness (QED) is 0.359. The normalized spacial score (nSPS) is 18.8. The molecule has 4 rings (SSSR count). The molecule has 0 unspecified atom stereocenters. The summed E-state index contributed by atoms with van der Waals surface area (Å²) in [4.78, 5) is 21.5. The van der Waals surface area contributed by atoms with E-state index in [-0.39, 0.29) is 53.0 Å². The third-order valence-corrected chi connectivity index (χ3v) is 6.25. The van der Waals surface area contributed by atoms with E-state index in [1.54, 1.807) is 11.0 Å². The number of urea groups is 1. The SMILES string of the molecule is CC1(C)CC(Nc2nc(Nc3ccc(OCCN4CCNC4=O)c(OC(F)F)c3)ncc2F)CC(C)(C)N1. The molecular weight excluding hydrogens is 503 g/mol. The van der Waals surface area contributed by atoms with Crippen LogP contribution in [0.4, 0.5) is 35.4 Å². The van der Waals surface area contributed by atoms with E-state index in [1.807, 2.05) is 0 Å². The monoisotopic (exact) mass is 537 g/mol. The molecule has 0 spiro atoms. The van der Waals surface area contributed by atoms with Gasteiger partial charge in [-0.15, -0.1) is 0 Å². The highest BCUT2D eigenvalue weighted by atomic mass is 19.3. The number of piperidine rings is 1. The van der Waals surface area contributed by atoms with Crippen LogP contribution in [0.25, 0.3) is 0 Å². The Morgan fingerprint density at radius 1 is 1.18 bits per heavy atom. The van der Waals surface area contributed by atoms with Gasteiger partial charge >= 0.3 is 12.6 Å². The van der Waals surface area contributed by atoms with Gasteiger partial charge in [-0.3, -0.25) is 0 Å². The molecule has 3 heterocycles. The highest BCUT2D eigenvalue weighted by Crippen LogP contribution is 2.34. The summed E-state index contributed by atoms with van der Waals surface area (Å²) in [6.07, 6.45) is 2.58. The fourth-order valence-electron chi connectivity index (χ4n) is 5.16. The molecule has 2 aliphatic heterocycles. The minimum absolute atomic E-state index is 0.0207. The Hall–Kier alpha value is -3.48. The van der Waals surface area contributed by atoms with E-state index in [1.165, 1.54) is 12.1 Å². The number of anilines is 3. The first-order valence-electron chi connectivity index (χ1n) is 12.5. The summed E-state index contributed by atoms with van der Waals surface area (Å²) in [7, 11) is 0. The summed E-state index contributed by atoms with van der Waals surface area (Å²) in [6.45, 7) is 6.81. The van der Waals surface area contributed by atoms with Crippen LogP contribution >= 0.6 is 0 Å². The van der Waals surface area contributed by atoms with Crippen LogP contribution in [0.5, 0.6) is 11.5 Å². The summed E-state index contributed by atoms with van der Waals surface area (Å²) >= 11 is 0. The molecule has 0 atom stereocenters. The maximum atomic E-state index is 14.6. The Labute approximate surface area is 219 Å². The molecule has 1 aromatic heterocycles. The third-order valence-electron chi connectivity index (χ3n) is 6.25. The highest BCUT2D eigenvalue weighted by Gasteiger charge is 2.38. The second-order valence-corrected chi connectivity index (χ2v) is 10.8. The predicted molar refractivity (Wildman–Crippen MR) is 137 cm³/mol. The van der Waals surface area contributed by atoms with Crippen LogP contribution < -0.4 is 30.7 Å². The maximum Gasteiger partial charge on any atom is 0.387 e. The van der Waals surface area contributed by atoms with E-state index in [0.717, 1.165) is 19.0 Å². The number of amides is 2. The lowest BCUT2D eigenvalue weighted by molar-refractivity contribution is -0.0514. The molecule has 2 aliphatic rings. The number of hydrogen-bond donors (Lipinski definition) is 4. The van der Waals surface area contributed by atoms with Gasteiger partial charge in [0, 0.05) is 42.0 Å². The van der Waals surface area contributed by atoms with E-state index >= 15 is 0 Å². The Morgan fingerprint density at radius 2 is 1.92 bits per heavy atom. The standard InChI is InChI=1S/C25H34F3N7O3/c1-24(2)12-16(13-25(3,4)34-24)31-20-17(26)14-30-22(33-20)32-15-5-6-18(19(11-15)38-21(27)28)37-10-9-35-8-7-29-23(35)36/h5-6,11,14,16,21,34H,7-10,12-13H2,1-4H3,(H,29,36)(H2,30,31,32,33). The summed E-state index contributed by atoms with van der Waals surface area (Å²) in [5.41, 5.74) is 0.0552. The van der Waals surface area contributed by atoms with Gasteiger partial charge in [-0.25, -0.2) is 14.2 Å². The molecule has 0 radical (unpaired) electrons. The van der Waals surface area contributed by atoms with Crippen molar-refractivity contribution in [3.63, 3.8) is 0 Å². The van der Waals surface area contributed by atoms with Crippen molar-refractivity contribution in [1.29, 1.82) is 0 Å². The first-order valence-corrected chi connectivity index (χ1v) is 12.5. The number of carbonyl (C=O) groups excluding carboxylic acids is 1. The van der Waals surface area contributed by atoms with Gasteiger partial charge in [0.15, 0.2) is 23.1 Å². The van der Waals surface area contributed by atoms with Crippen LogP contribution in [0.3, 0.4) is 0 Å². The number of nitrogens with one attached hydrogen (secondary N) is 4. The first-order chi connectivity index (χ1) is 17.9. The van der Waals surface area contributed by atoms with Crippen molar-refractivity contribution in [2.75, 3.05) is 36.9 Å². The lowest BCUT2D eigenvalue weighted by Crippen LogP contribution is -2.60. The van der Waals surface area contributed by atoms with Crippen LogP contribution in [-0.4, -0.2) is 70.9 Å². The number of alkyl halides is 2. The zero-order valence-electron chi connectivity index (χ0n) is 21.9. The Morgan fingerprint density at radius 3 is 2.58 bits per heavy atom. The van der Waals surface area contributed by atoms with E-state index < -0.39 is 12.4 Å². The molecule has 0 saturated carbocycles. The minimum atomic E-state index is -3.08. The maximum absolute atomic E-state index is 14.6. The van der Waals surface area contributed by atoms with Crippen molar-refractivity contribution in [3.8, 4) is 11.5 Å². The van der Waals surface area contributed by atoms with Crippen molar-refractivity contribution in [3.05, 3.63) is 30.2 Å². The first kappa shape index (κ1) is 27.6. The lowest BCUT2D eigenvalue weighted by atomic mass is 9.79. The summed E-state index contributed by atoms with van der Waals surface area (Å²) in [5.74, 6) is -0.569. The Bertz CT molecular complexity index is 1130. The average Bonchev–Trinajstić information content (AvgIpc) is 3.19. The van der Waals surface area contributed by atoms with Gasteiger partial charge in [0.1, 0.15) is 6.61 Å². The number of aromatic nitrogens is 2. The molecule has 4 N–H and O–H groups in total. The average molecular weight is 538 g/mol. The number of carbonyl (C=O) groups is 1. The molecule has 13 heteroatoms. The van der Waals surface area contributed by atoms with E-state index in [9.17, 15) is 18.0 Å². The second-order valence-electron chi connectivity index (χ2n) is 10.8. The number of ether oxygens (including phenoxy) is 2. The molecule has 2 saturated heterocycles. The zero-order valence-corrected chi connectivity index (χ0v) is 21.9. The van der Waals surface area contributed by atoms with E-state index in [4.69, 9.17) is 4.74 Å². The van der Waals surface area contributed by atoms with Gasteiger partial charge in [-0.05, 0) is 52.7 Å². The third kappa shape index (κ3) is 7.30. The largest absolute Gasteiger partial charge is 0.488 e. The topological polar surface area (TPSA) is 113 Å². The fourth-order valence-corrected chi connectivity index (χ4v) is 5.16. The van der Waals surface area contributed by atoms with Crippen LogP contribution in [0.15, 0.2) is 24.4 Å². The van der Waals surface area contributed by atoms with Gasteiger partial charge in [0.25, 0.3) is 0 Å². The van der Waals surface area contributed by atoms with Gasteiger partial charge in [-0.1, -0.05) is 0 Å². The number of nitrogens with zero attached hydrogens (tertiary/aromatic N) is 3. The van der Waals surface area contributed by atoms with Gasteiger partial charge in [0.05, 0.1) is 12.7 Å². The Kier molecular flexibility index (Phi) is 8.05. The molecule has 1 aromatic carbocycles. The Balaban J connectivity index is 1.45. The summed E-state index contributed by atoms with van der Waals surface area (Å²) < 4.78 is 51.0. The molecule has 2 amide bonds. The highest BCUT2D eigenvalue weighted by molar-refractivity contribution is 5.76. The molecule has 208 valence electrons. The van der Waals surface area contributed by atoms with Gasteiger partial charge < -0.3 is 35.6 Å². The van der Waals surface area contributed by atoms with Crippen LogP contribution in [0.2, 0.25) is 0 Å². The zero-order chi connectivity index (χ0) is 27.5. The van der Waals surface area contributed by atoms with E-state index in [0.29, 0.717) is 25.3 Å². The van der Waals surface area contributed by atoms with Crippen molar-refractivity contribution < 1.29 is 27.4 Å². The molecular formula is C25H34F3N7O3. The molecule has 0 bridgehead atoms. The van der Waals surface area contributed by atoms with Crippen molar-refractivity contribution >= 4 is 23.5 Å². The molecule has 2 fully saturated rings. The predicted octanol–water partition coefficient (Wildman–Crippen LogP) is 4.09. The molecule has 2 aromatic rings. The summed E-state index contributed by atoms with van der Waals surface area (Å²) in [5, 5.41) is 12.4. The molecule has 0 aliphatic carbocycles. The van der Waals surface area contributed by atoms with Gasteiger partial charge in [0.2, 0.25) is 5.95 Å². The lowest BCUT2D eigenvalue weighted by Gasteiger charge is -2.46. The van der Waals surface area contributed by atoms with Crippen molar-refractivity contribution in [2.24, 2.45) is 0 Å². The van der Waals surface area contributed by atoms with Crippen molar-refractivity contribution in [1.82, 2.24) is 25.5 Å². The van der Waals surface area contributed by atoms with Gasteiger partial charge in [-0.2, -0.15) is 13.8 Å². The number of benzene rings is 1. The van der Waals surface area contributed by atoms with Crippen LogP contribution in [-0.2, 0) is 0 Å². The number of halogens is 3. The second kappa shape index (κ2) is 11.1.